The van der Waals surface area contributed by atoms with Crippen LogP contribution >= 0.6 is 0 Å². The van der Waals surface area contributed by atoms with Gasteiger partial charge >= 0.3 is 0 Å². The highest BCUT2D eigenvalue weighted by atomic mass is 16.7. The summed E-state index contributed by atoms with van der Waals surface area (Å²) in [5.41, 5.74) is 1.17. The fourth-order valence-corrected chi connectivity index (χ4v) is 4.95. The largest absolute Gasteiger partial charge is 0.497 e. The van der Waals surface area contributed by atoms with Crippen molar-refractivity contribution in [3.05, 3.63) is 24.4 Å². The van der Waals surface area contributed by atoms with Gasteiger partial charge in [0.05, 0.1) is 31.9 Å². The van der Waals surface area contributed by atoms with Crippen molar-refractivity contribution in [2.75, 3.05) is 14.2 Å². The number of fused-ring (bicyclic) bond motifs is 1. The van der Waals surface area contributed by atoms with Crippen LogP contribution in [0.5, 0.6) is 11.5 Å². The van der Waals surface area contributed by atoms with Gasteiger partial charge in [-0.05, 0) is 45.1 Å². The molecule has 2 saturated heterocycles. The molecule has 2 aromatic rings. The fraction of sp³-hybridized carbons (Fsp3) is 0.667. The van der Waals surface area contributed by atoms with Crippen LogP contribution in [-0.4, -0.2) is 36.8 Å². The molecule has 160 valence electrons. The number of aryl methyl sites for hydroxylation is 1. The summed E-state index contributed by atoms with van der Waals surface area (Å²) in [6.45, 7) is 3.17. The van der Waals surface area contributed by atoms with E-state index in [9.17, 15) is 0 Å². The van der Waals surface area contributed by atoms with Gasteiger partial charge in [-0.1, -0.05) is 12.8 Å². The van der Waals surface area contributed by atoms with E-state index in [1.807, 2.05) is 6.07 Å². The molecule has 5 heteroatoms. The second kappa shape index (κ2) is 8.97. The molecular weight excluding hydrogens is 366 g/mol. The van der Waals surface area contributed by atoms with Crippen LogP contribution in [0.25, 0.3) is 10.9 Å². The summed E-state index contributed by atoms with van der Waals surface area (Å²) in [5, 5.41) is 1.14. The van der Waals surface area contributed by atoms with Crippen molar-refractivity contribution in [2.24, 2.45) is 0 Å². The van der Waals surface area contributed by atoms with Gasteiger partial charge in [0, 0.05) is 43.1 Å². The van der Waals surface area contributed by atoms with Crippen LogP contribution in [0.4, 0.5) is 0 Å². The molecular formula is C24H35NO4. The molecule has 3 atom stereocenters. The third kappa shape index (κ3) is 4.56. The third-order valence-electron chi connectivity index (χ3n) is 6.52. The Morgan fingerprint density at radius 3 is 2.72 bits per heavy atom. The minimum absolute atomic E-state index is 0.259. The molecule has 2 aliphatic heterocycles. The van der Waals surface area contributed by atoms with Gasteiger partial charge in [-0.3, -0.25) is 0 Å². The minimum Gasteiger partial charge on any atom is -0.497 e. The van der Waals surface area contributed by atoms with E-state index in [0.717, 1.165) is 55.5 Å². The van der Waals surface area contributed by atoms with E-state index in [1.54, 1.807) is 14.2 Å². The maximum atomic E-state index is 6.41. The zero-order valence-electron chi connectivity index (χ0n) is 18.1. The van der Waals surface area contributed by atoms with Crippen LogP contribution in [-0.2, 0) is 16.0 Å². The van der Waals surface area contributed by atoms with Crippen molar-refractivity contribution < 1.29 is 18.9 Å². The number of rotatable bonds is 8. The van der Waals surface area contributed by atoms with Crippen LogP contribution in [0, 0.1) is 0 Å². The topological polar surface area (TPSA) is 41.9 Å². The zero-order chi connectivity index (χ0) is 20.3. The lowest BCUT2D eigenvalue weighted by atomic mass is 9.96. The number of benzene rings is 1. The molecule has 0 N–H and O–H groups in total. The van der Waals surface area contributed by atoms with Gasteiger partial charge in [0.25, 0.3) is 0 Å². The number of hydrogen-bond donors (Lipinski definition) is 0. The number of aromatic nitrogens is 1. The highest BCUT2D eigenvalue weighted by molar-refractivity contribution is 5.88. The van der Waals surface area contributed by atoms with E-state index < -0.39 is 0 Å². The van der Waals surface area contributed by atoms with Gasteiger partial charge in [0.2, 0.25) is 0 Å². The van der Waals surface area contributed by atoms with E-state index >= 15 is 0 Å². The predicted molar refractivity (Wildman–Crippen MR) is 115 cm³/mol. The Bertz CT molecular complexity index is 813. The lowest BCUT2D eigenvalue weighted by Crippen LogP contribution is -2.40. The number of methoxy groups -OCH3 is 2. The normalized spacial score (nSPS) is 27.0. The van der Waals surface area contributed by atoms with Gasteiger partial charge in [-0.2, -0.15) is 0 Å². The molecule has 0 radical (unpaired) electrons. The fourth-order valence-electron chi connectivity index (χ4n) is 4.95. The summed E-state index contributed by atoms with van der Waals surface area (Å²) < 4.78 is 25.8. The number of nitrogens with zero attached hydrogens (tertiary/aromatic N) is 1. The predicted octanol–water partition coefficient (Wildman–Crippen LogP) is 5.68. The van der Waals surface area contributed by atoms with Crippen LogP contribution < -0.4 is 9.47 Å². The maximum absolute atomic E-state index is 6.41. The van der Waals surface area contributed by atoms with Crippen molar-refractivity contribution in [1.82, 2.24) is 4.57 Å². The Morgan fingerprint density at radius 1 is 1.07 bits per heavy atom. The first-order valence-corrected chi connectivity index (χ1v) is 11.2. The quantitative estimate of drug-likeness (QED) is 0.534. The lowest BCUT2D eigenvalue weighted by Gasteiger charge is -2.38. The molecule has 5 nitrogen and oxygen atoms in total. The zero-order valence-corrected chi connectivity index (χ0v) is 18.1. The molecule has 0 bridgehead atoms. The third-order valence-corrected chi connectivity index (χ3v) is 6.52. The number of ether oxygens (including phenoxy) is 4. The second-order valence-electron chi connectivity index (χ2n) is 8.63. The summed E-state index contributed by atoms with van der Waals surface area (Å²) in [6.07, 6.45) is 13.3. The molecule has 1 aromatic heterocycles. The van der Waals surface area contributed by atoms with Crippen molar-refractivity contribution >= 4 is 10.9 Å². The van der Waals surface area contributed by atoms with Gasteiger partial charge in [0.15, 0.2) is 5.79 Å². The highest BCUT2D eigenvalue weighted by Crippen LogP contribution is 2.41. The Hall–Kier alpha value is -1.72. The van der Waals surface area contributed by atoms with Gasteiger partial charge in [0.1, 0.15) is 11.5 Å². The highest BCUT2D eigenvalue weighted by Gasteiger charge is 2.43. The average Bonchev–Trinajstić information content (AvgIpc) is 3.30. The van der Waals surface area contributed by atoms with Crippen molar-refractivity contribution in [2.45, 2.75) is 89.3 Å². The van der Waals surface area contributed by atoms with Crippen molar-refractivity contribution in [3.63, 3.8) is 0 Å². The van der Waals surface area contributed by atoms with Gasteiger partial charge in [-0.15, -0.1) is 0 Å². The summed E-state index contributed by atoms with van der Waals surface area (Å²) in [5.74, 6) is 1.44. The molecule has 0 unspecified atom stereocenters. The summed E-state index contributed by atoms with van der Waals surface area (Å²) in [7, 11) is 3.41. The summed E-state index contributed by atoms with van der Waals surface area (Å²) in [4.78, 5) is 0. The van der Waals surface area contributed by atoms with Crippen LogP contribution in [0.2, 0.25) is 0 Å². The minimum atomic E-state index is -0.259. The average molecular weight is 402 g/mol. The van der Waals surface area contributed by atoms with Crippen LogP contribution in [0.3, 0.4) is 0 Å². The van der Waals surface area contributed by atoms with E-state index in [2.05, 4.69) is 29.8 Å². The van der Waals surface area contributed by atoms with E-state index in [0.29, 0.717) is 12.2 Å². The molecule has 2 aliphatic rings. The molecule has 0 aliphatic carbocycles. The molecule has 4 rings (SSSR count). The van der Waals surface area contributed by atoms with Gasteiger partial charge < -0.3 is 23.5 Å². The molecule has 1 spiro atoms. The van der Waals surface area contributed by atoms with E-state index in [-0.39, 0.29) is 5.79 Å². The Morgan fingerprint density at radius 2 is 1.97 bits per heavy atom. The van der Waals surface area contributed by atoms with Crippen molar-refractivity contribution in [1.29, 1.82) is 0 Å². The smallest absolute Gasteiger partial charge is 0.169 e. The Balaban J connectivity index is 1.26. The molecule has 2 fully saturated rings. The first-order chi connectivity index (χ1) is 14.1. The summed E-state index contributed by atoms with van der Waals surface area (Å²) in [6, 6.07) is 6.17. The van der Waals surface area contributed by atoms with E-state index in [4.69, 9.17) is 18.9 Å². The Kier molecular flexibility index (Phi) is 6.35. The SMILES string of the molecule is COc1cc(OC)c2ccn(CCCCC[C@H]3CCC[C@]4(CC[C@H](C)O4)O3)c2c1. The standard InChI is InChI=1S/C24H35NO4/c1-18-10-13-24(28-18)12-7-9-19(29-24)8-5-4-6-14-25-15-11-21-22(25)16-20(26-2)17-23(21)27-3/h11,15-19H,4-10,12-14H2,1-3H3/t18-,19-,24+/m0/s1. The van der Waals surface area contributed by atoms with Gasteiger partial charge in [-0.25, -0.2) is 0 Å². The molecule has 0 saturated carbocycles. The Labute approximate surface area is 174 Å². The van der Waals surface area contributed by atoms with Crippen LogP contribution in [0.15, 0.2) is 24.4 Å². The van der Waals surface area contributed by atoms with Crippen molar-refractivity contribution in [3.8, 4) is 11.5 Å². The van der Waals surface area contributed by atoms with E-state index in [1.165, 1.54) is 31.2 Å². The molecule has 1 aromatic carbocycles. The lowest BCUT2D eigenvalue weighted by molar-refractivity contribution is -0.269. The van der Waals surface area contributed by atoms with Crippen LogP contribution in [0.1, 0.15) is 64.7 Å². The molecule has 0 amide bonds. The summed E-state index contributed by atoms with van der Waals surface area (Å²) >= 11 is 0. The number of hydrogen-bond acceptors (Lipinski definition) is 4. The monoisotopic (exact) mass is 401 g/mol. The number of unbranched alkanes of at least 4 members (excludes halogenated alkanes) is 2. The molecule has 3 heterocycles. The first-order valence-electron chi connectivity index (χ1n) is 11.2. The second-order valence-corrected chi connectivity index (χ2v) is 8.63. The maximum Gasteiger partial charge on any atom is 0.169 e. The molecule has 29 heavy (non-hydrogen) atoms. The first kappa shape index (κ1) is 20.5.